The van der Waals surface area contributed by atoms with E-state index >= 15 is 0 Å². The van der Waals surface area contributed by atoms with Gasteiger partial charge in [-0.3, -0.25) is 10.1 Å². The molecule has 0 saturated carbocycles. The number of hydrogen-bond acceptors (Lipinski definition) is 6. The lowest BCUT2D eigenvalue weighted by Gasteiger charge is -2.40. The first-order valence-corrected chi connectivity index (χ1v) is 9.98. The Kier molecular flexibility index (Phi) is 6.05. The van der Waals surface area contributed by atoms with Gasteiger partial charge in [-0.15, -0.1) is 0 Å². The van der Waals surface area contributed by atoms with Crippen molar-refractivity contribution in [2.45, 2.75) is 44.8 Å². The fraction of sp³-hybridized carbons (Fsp3) is 0.391. The second-order valence-electron chi connectivity index (χ2n) is 8.23. The Morgan fingerprint density at radius 2 is 2.07 bits per heavy atom. The van der Waals surface area contributed by atoms with Crippen LogP contribution in [0.4, 0.5) is 5.82 Å². The molecule has 3 rings (SSSR count). The number of benzene rings is 1. The lowest BCUT2D eigenvalue weighted by Crippen LogP contribution is -2.63. The summed E-state index contributed by atoms with van der Waals surface area (Å²) in [4.78, 5) is 18.1. The highest BCUT2D eigenvalue weighted by Gasteiger charge is 2.45. The molecule has 1 unspecified atom stereocenters. The van der Waals surface area contributed by atoms with E-state index in [2.05, 4.69) is 27.8 Å². The molecule has 1 fully saturated rings. The lowest BCUT2D eigenvalue weighted by molar-refractivity contribution is -0.132. The van der Waals surface area contributed by atoms with Crippen molar-refractivity contribution >= 4 is 11.7 Å². The Balaban J connectivity index is 1.66. The van der Waals surface area contributed by atoms with E-state index in [4.69, 9.17) is 5.26 Å². The standard InChI is InChI=1S/C23H26N6O/c1-17(30)29-11-5-10-23(29,15-25)28-22(2,3)16-27-21-9-8-20(14-26-21)19-7-4-6-18(12-19)13-24/h4,6-9,12,14,28H,5,10-11,16H2,1-3H3,(H,26,27). The number of pyridine rings is 1. The SMILES string of the molecule is CC(=O)N1CCCC1(C#N)NC(C)(C)CNc1ccc(-c2cccc(C#N)c2)cn1. The van der Waals surface area contributed by atoms with Crippen LogP contribution >= 0.6 is 0 Å². The maximum absolute atomic E-state index is 12.0. The molecule has 1 aromatic carbocycles. The lowest BCUT2D eigenvalue weighted by atomic mass is 9.99. The smallest absolute Gasteiger partial charge is 0.221 e. The summed E-state index contributed by atoms with van der Waals surface area (Å²) in [7, 11) is 0. The van der Waals surface area contributed by atoms with E-state index < -0.39 is 11.2 Å². The number of hydrogen-bond donors (Lipinski definition) is 2. The summed E-state index contributed by atoms with van der Waals surface area (Å²) in [6.07, 6.45) is 3.19. The second kappa shape index (κ2) is 8.52. The summed E-state index contributed by atoms with van der Waals surface area (Å²) in [5.41, 5.74) is 1.06. The molecule has 7 heteroatoms. The zero-order chi connectivity index (χ0) is 21.8. The highest BCUT2D eigenvalue weighted by molar-refractivity contribution is 5.75. The van der Waals surface area contributed by atoms with Crippen molar-refractivity contribution in [2.24, 2.45) is 0 Å². The molecule has 1 aliphatic rings. The molecule has 30 heavy (non-hydrogen) atoms. The van der Waals surface area contributed by atoms with Gasteiger partial charge in [0.05, 0.1) is 11.6 Å². The summed E-state index contributed by atoms with van der Waals surface area (Å²) in [5, 5.41) is 25.6. The molecule has 1 atom stereocenters. The minimum absolute atomic E-state index is 0.0944. The van der Waals surface area contributed by atoms with E-state index in [-0.39, 0.29) is 5.91 Å². The molecule has 0 radical (unpaired) electrons. The van der Waals surface area contributed by atoms with Crippen molar-refractivity contribution in [1.29, 1.82) is 10.5 Å². The molecule has 7 nitrogen and oxygen atoms in total. The van der Waals surface area contributed by atoms with E-state index in [1.807, 2.05) is 44.2 Å². The molecule has 1 amide bonds. The van der Waals surface area contributed by atoms with Crippen molar-refractivity contribution in [2.75, 3.05) is 18.4 Å². The Bertz CT molecular complexity index is 1000. The molecule has 2 heterocycles. The number of nitrogens with one attached hydrogen (secondary N) is 2. The van der Waals surface area contributed by atoms with Gasteiger partial charge in [0.2, 0.25) is 5.91 Å². The van der Waals surface area contributed by atoms with Crippen LogP contribution in [-0.2, 0) is 4.79 Å². The maximum Gasteiger partial charge on any atom is 0.221 e. The minimum atomic E-state index is -0.972. The van der Waals surface area contributed by atoms with Crippen molar-refractivity contribution in [1.82, 2.24) is 15.2 Å². The summed E-state index contributed by atoms with van der Waals surface area (Å²) < 4.78 is 0. The number of nitrogens with zero attached hydrogens (tertiary/aromatic N) is 4. The Hall–Kier alpha value is -3.42. The van der Waals surface area contributed by atoms with Gasteiger partial charge in [0.1, 0.15) is 11.9 Å². The molecule has 0 aliphatic carbocycles. The van der Waals surface area contributed by atoms with Crippen molar-refractivity contribution in [3.05, 3.63) is 48.2 Å². The summed E-state index contributed by atoms with van der Waals surface area (Å²) >= 11 is 0. The van der Waals surface area contributed by atoms with Crippen LogP contribution < -0.4 is 10.6 Å². The molecule has 1 aromatic heterocycles. The van der Waals surface area contributed by atoms with E-state index in [9.17, 15) is 10.1 Å². The van der Waals surface area contributed by atoms with E-state index in [0.717, 1.165) is 17.5 Å². The van der Waals surface area contributed by atoms with Crippen molar-refractivity contribution in [3.63, 3.8) is 0 Å². The molecular formula is C23H26N6O. The molecule has 1 aliphatic heterocycles. The number of carbonyl (C=O) groups is 1. The summed E-state index contributed by atoms with van der Waals surface area (Å²) in [6, 6.07) is 15.7. The van der Waals surface area contributed by atoms with E-state index in [0.29, 0.717) is 30.9 Å². The van der Waals surface area contributed by atoms with E-state index in [1.54, 1.807) is 17.2 Å². The largest absolute Gasteiger partial charge is 0.368 e. The van der Waals surface area contributed by atoms with Crippen LogP contribution in [0, 0.1) is 22.7 Å². The number of anilines is 1. The first-order chi connectivity index (χ1) is 14.3. The molecule has 1 saturated heterocycles. The normalized spacial score (nSPS) is 18.5. The zero-order valence-electron chi connectivity index (χ0n) is 17.6. The van der Waals surface area contributed by atoms with Gasteiger partial charge >= 0.3 is 0 Å². The third-order valence-electron chi connectivity index (χ3n) is 5.29. The number of carbonyl (C=O) groups excluding carboxylic acids is 1. The van der Waals surface area contributed by atoms with Crippen LogP contribution in [0.25, 0.3) is 11.1 Å². The number of aromatic nitrogens is 1. The highest BCUT2D eigenvalue weighted by Crippen LogP contribution is 2.29. The predicted octanol–water partition coefficient (Wildman–Crippen LogP) is 3.26. The topological polar surface area (TPSA) is 105 Å². The van der Waals surface area contributed by atoms with Gasteiger partial charge in [-0.2, -0.15) is 10.5 Å². The van der Waals surface area contributed by atoms with Gasteiger partial charge in [-0.05, 0) is 56.5 Å². The summed E-state index contributed by atoms with van der Waals surface area (Å²) in [6.45, 7) is 6.62. The van der Waals surface area contributed by atoms with Crippen LogP contribution in [0.15, 0.2) is 42.6 Å². The van der Waals surface area contributed by atoms with Crippen LogP contribution in [-0.4, -0.2) is 40.1 Å². The number of rotatable bonds is 6. The molecule has 0 bridgehead atoms. The highest BCUT2D eigenvalue weighted by atomic mass is 16.2. The van der Waals surface area contributed by atoms with Crippen molar-refractivity contribution in [3.8, 4) is 23.3 Å². The van der Waals surface area contributed by atoms with Gasteiger partial charge in [0.25, 0.3) is 0 Å². The average Bonchev–Trinajstić information content (AvgIpc) is 3.16. The molecular weight excluding hydrogens is 376 g/mol. The number of nitriles is 2. The fourth-order valence-corrected chi connectivity index (χ4v) is 3.87. The molecule has 0 spiro atoms. The molecule has 2 aromatic rings. The van der Waals surface area contributed by atoms with Gasteiger partial charge in [0.15, 0.2) is 5.66 Å². The van der Waals surface area contributed by atoms with Gasteiger partial charge in [-0.1, -0.05) is 12.1 Å². The molecule has 2 N–H and O–H groups in total. The Morgan fingerprint density at radius 3 is 2.70 bits per heavy atom. The van der Waals surface area contributed by atoms with Gasteiger partial charge < -0.3 is 10.2 Å². The third kappa shape index (κ3) is 4.59. The van der Waals surface area contributed by atoms with Crippen LogP contribution in [0.1, 0.15) is 39.2 Å². The molecule has 154 valence electrons. The van der Waals surface area contributed by atoms with Gasteiger partial charge in [-0.25, -0.2) is 4.98 Å². The Labute approximate surface area is 177 Å². The monoisotopic (exact) mass is 402 g/mol. The average molecular weight is 403 g/mol. The fourth-order valence-electron chi connectivity index (χ4n) is 3.87. The van der Waals surface area contributed by atoms with Crippen LogP contribution in [0.5, 0.6) is 0 Å². The summed E-state index contributed by atoms with van der Waals surface area (Å²) in [5.74, 6) is 0.619. The predicted molar refractivity (Wildman–Crippen MR) is 115 cm³/mol. The third-order valence-corrected chi connectivity index (χ3v) is 5.29. The number of likely N-dealkylation sites (tertiary alicyclic amines) is 1. The second-order valence-corrected chi connectivity index (χ2v) is 8.23. The van der Waals surface area contributed by atoms with Gasteiger partial charge in [0, 0.05) is 37.3 Å². The maximum atomic E-state index is 12.0. The Morgan fingerprint density at radius 1 is 1.27 bits per heavy atom. The first kappa shape index (κ1) is 21.3. The number of amides is 1. The van der Waals surface area contributed by atoms with E-state index in [1.165, 1.54) is 6.92 Å². The van der Waals surface area contributed by atoms with Crippen LogP contribution in [0.3, 0.4) is 0 Å². The first-order valence-electron chi connectivity index (χ1n) is 9.98. The van der Waals surface area contributed by atoms with Crippen molar-refractivity contribution < 1.29 is 4.79 Å². The quantitative estimate of drug-likeness (QED) is 0.768. The minimum Gasteiger partial charge on any atom is -0.368 e. The zero-order valence-corrected chi connectivity index (χ0v) is 17.6. The van der Waals surface area contributed by atoms with Crippen LogP contribution in [0.2, 0.25) is 0 Å².